The second-order valence-electron chi connectivity index (χ2n) is 6.03. The van der Waals surface area contributed by atoms with Crippen molar-refractivity contribution < 1.29 is 9.53 Å². The van der Waals surface area contributed by atoms with E-state index in [1.54, 1.807) is 0 Å². The van der Waals surface area contributed by atoms with Crippen LogP contribution < -0.4 is 10.2 Å². The van der Waals surface area contributed by atoms with Crippen LogP contribution >= 0.6 is 11.8 Å². The summed E-state index contributed by atoms with van der Waals surface area (Å²) in [7, 11) is 0. The maximum absolute atomic E-state index is 12.1. The zero-order chi connectivity index (χ0) is 16.8. The summed E-state index contributed by atoms with van der Waals surface area (Å²) in [6, 6.07) is 0. The third-order valence-corrected chi connectivity index (χ3v) is 4.72. The maximum Gasteiger partial charge on any atom is 0.233 e. The lowest BCUT2D eigenvalue weighted by Gasteiger charge is -2.27. The average molecular weight is 341 g/mol. The van der Waals surface area contributed by atoms with E-state index >= 15 is 0 Å². The highest BCUT2D eigenvalue weighted by atomic mass is 32.2. The van der Waals surface area contributed by atoms with Crippen molar-refractivity contribution in [2.24, 2.45) is 5.92 Å². The van der Waals surface area contributed by atoms with Gasteiger partial charge in [-0.2, -0.15) is 0 Å². The monoisotopic (exact) mass is 341 g/mol. The Labute approximate surface area is 142 Å². The lowest BCUT2D eigenvalue weighted by molar-refractivity contribution is -0.120. The molecule has 1 amide bonds. The van der Waals surface area contributed by atoms with Gasteiger partial charge in [-0.05, 0) is 19.8 Å². The molecular weight excluding hydrogens is 314 g/mol. The fourth-order valence-corrected chi connectivity index (χ4v) is 3.23. The molecule has 0 radical (unpaired) electrons. The van der Waals surface area contributed by atoms with Gasteiger partial charge in [-0.25, -0.2) is 0 Å². The van der Waals surface area contributed by atoms with Crippen LogP contribution in [0.25, 0.3) is 0 Å². The Hall–Kier alpha value is -1.28. The smallest absolute Gasteiger partial charge is 0.233 e. The molecular formula is C15H27N5O2S. The fraction of sp³-hybridized carbons (Fsp3) is 0.800. The van der Waals surface area contributed by atoms with Crippen LogP contribution in [0.15, 0.2) is 5.16 Å². The average Bonchev–Trinajstić information content (AvgIpc) is 2.95. The van der Waals surface area contributed by atoms with E-state index in [9.17, 15) is 4.79 Å². The number of thioether (sulfide) groups is 1. The Morgan fingerprint density at radius 3 is 2.61 bits per heavy atom. The first-order chi connectivity index (χ1) is 11.0. The van der Waals surface area contributed by atoms with E-state index in [0.29, 0.717) is 25.7 Å². The van der Waals surface area contributed by atoms with Crippen LogP contribution in [0.2, 0.25) is 0 Å². The summed E-state index contributed by atoms with van der Waals surface area (Å²) in [5.41, 5.74) is 0. The van der Waals surface area contributed by atoms with Gasteiger partial charge in [-0.3, -0.25) is 9.36 Å². The Morgan fingerprint density at radius 1 is 1.30 bits per heavy atom. The predicted octanol–water partition coefficient (Wildman–Crippen LogP) is 1.39. The summed E-state index contributed by atoms with van der Waals surface area (Å²) in [4.78, 5) is 14.3. The van der Waals surface area contributed by atoms with Crippen LogP contribution in [0.3, 0.4) is 0 Å². The Morgan fingerprint density at radius 2 is 2.00 bits per heavy atom. The molecule has 1 fully saturated rings. The predicted molar refractivity (Wildman–Crippen MR) is 91.9 cm³/mol. The molecule has 8 heteroatoms. The number of morpholine rings is 1. The number of amides is 1. The van der Waals surface area contributed by atoms with Crippen molar-refractivity contribution in [3.05, 3.63) is 0 Å². The number of hydrogen-bond donors (Lipinski definition) is 1. The van der Waals surface area contributed by atoms with Gasteiger partial charge in [0.05, 0.1) is 18.5 Å². The molecule has 0 unspecified atom stereocenters. The van der Waals surface area contributed by atoms with E-state index in [1.165, 1.54) is 11.8 Å². The zero-order valence-electron chi connectivity index (χ0n) is 14.4. The number of carbonyl (C=O) groups is 1. The molecule has 0 saturated carbocycles. The van der Waals surface area contributed by atoms with Gasteiger partial charge in [0.25, 0.3) is 0 Å². The summed E-state index contributed by atoms with van der Waals surface area (Å²) in [5, 5.41) is 12.2. The van der Waals surface area contributed by atoms with E-state index in [1.807, 2.05) is 6.92 Å². The van der Waals surface area contributed by atoms with Gasteiger partial charge in [0.1, 0.15) is 0 Å². The van der Waals surface area contributed by atoms with Crippen molar-refractivity contribution in [2.75, 3.05) is 37.7 Å². The summed E-state index contributed by atoms with van der Waals surface area (Å²) in [5.74, 6) is 1.36. The lowest BCUT2D eigenvalue weighted by Crippen LogP contribution is -2.38. The van der Waals surface area contributed by atoms with Crippen molar-refractivity contribution in [2.45, 2.75) is 44.6 Å². The van der Waals surface area contributed by atoms with Crippen LogP contribution in [0.4, 0.5) is 5.95 Å². The third kappa shape index (κ3) is 4.84. The Kier molecular flexibility index (Phi) is 6.71. The van der Waals surface area contributed by atoms with E-state index < -0.39 is 0 Å². The number of ether oxygens (including phenoxy) is 1. The summed E-state index contributed by atoms with van der Waals surface area (Å²) >= 11 is 1.46. The molecule has 0 bridgehead atoms. The number of carbonyl (C=O) groups excluding carboxylic acids is 1. The van der Waals surface area contributed by atoms with Crippen molar-refractivity contribution in [1.29, 1.82) is 0 Å². The molecule has 1 aromatic rings. The number of anilines is 1. The van der Waals surface area contributed by atoms with Crippen molar-refractivity contribution in [1.82, 2.24) is 20.1 Å². The van der Waals surface area contributed by atoms with Gasteiger partial charge in [0.2, 0.25) is 11.9 Å². The maximum atomic E-state index is 12.1. The molecule has 1 atom stereocenters. The lowest BCUT2D eigenvalue weighted by atomic mass is 10.2. The highest BCUT2D eigenvalue weighted by Gasteiger charge is 2.23. The number of rotatable bonds is 7. The summed E-state index contributed by atoms with van der Waals surface area (Å²) in [6.45, 7) is 12.7. The minimum absolute atomic E-state index is 0.0438. The number of aromatic nitrogens is 3. The quantitative estimate of drug-likeness (QED) is 0.756. The molecule has 1 saturated heterocycles. The molecule has 0 spiro atoms. The molecule has 0 aromatic carbocycles. The topological polar surface area (TPSA) is 72.3 Å². The van der Waals surface area contributed by atoms with Crippen molar-refractivity contribution in [3.63, 3.8) is 0 Å². The van der Waals surface area contributed by atoms with Crippen molar-refractivity contribution in [3.8, 4) is 0 Å². The van der Waals surface area contributed by atoms with E-state index in [4.69, 9.17) is 4.74 Å². The number of nitrogens with zero attached hydrogens (tertiary/aromatic N) is 4. The van der Waals surface area contributed by atoms with Gasteiger partial charge in [0.15, 0.2) is 5.16 Å². The highest BCUT2D eigenvalue weighted by molar-refractivity contribution is 8.00. The highest BCUT2D eigenvalue weighted by Crippen LogP contribution is 2.26. The summed E-state index contributed by atoms with van der Waals surface area (Å²) in [6.07, 6.45) is 0. The SMILES string of the molecule is CCn1c(S[C@@H](C)C(=O)NCC(C)C)nnc1N1CCOCC1. The minimum Gasteiger partial charge on any atom is -0.378 e. The normalized spacial score (nSPS) is 16.7. The van der Waals surface area contributed by atoms with Gasteiger partial charge < -0.3 is 15.0 Å². The van der Waals surface area contributed by atoms with E-state index in [-0.39, 0.29) is 11.2 Å². The molecule has 7 nitrogen and oxygen atoms in total. The number of hydrogen-bond acceptors (Lipinski definition) is 6. The largest absolute Gasteiger partial charge is 0.378 e. The van der Waals surface area contributed by atoms with Crippen LogP contribution in [-0.2, 0) is 16.1 Å². The molecule has 0 aliphatic carbocycles. The molecule has 1 aliphatic heterocycles. The van der Waals surface area contributed by atoms with E-state index in [0.717, 1.165) is 30.7 Å². The molecule has 2 heterocycles. The Balaban J connectivity index is 2.02. The first-order valence-corrected chi connectivity index (χ1v) is 9.11. The zero-order valence-corrected chi connectivity index (χ0v) is 15.2. The number of nitrogens with one attached hydrogen (secondary N) is 1. The first kappa shape index (κ1) is 18.1. The molecule has 23 heavy (non-hydrogen) atoms. The van der Waals surface area contributed by atoms with Crippen LogP contribution in [-0.4, -0.2) is 58.8 Å². The second-order valence-corrected chi connectivity index (χ2v) is 7.33. The molecule has 2 rings (SSSR count). The van der Waals surface area contributed by atoms with Gasteiger partial charge in [-0.15, -0.1) is 10.2 Å². The fourth-order valence-electron chi connectivity index (χ4n) is 2.30. The molecule has 1 aliphatic rings. The van der Waals surface area contributed by atoms with Gasteiger partial charge in [0, 0.05) is 26.2 Å². The second kappa shape index (κ2) is 8.54. The minimum atomic E-state index is -0.194. The molecule has 1 aromatic heterocycles. The molecule has 1 N–H and O–H groups in total. The van der Waals surface area contributed by atoms with Crippen LogP contribution in [0.1, 0.15) is 27.7 Å². The van der Waals surface area contributed by atoms with Crippen molar-refractivity contribution >= 4 is 23.6 Å². The standard InChI is InChI=1S/C15H27N5O2S/c1-5-20-14(19-6-8-22-9-7-19)17-18-15(20)23-12(4)13(21)16-10-11(2)3/h11-12H,5-10H2,1-4H3,(H,16,21)/t12-/m0/s1. The molecule has 130 valence electrons. The Bertz CT molecular complexity index is 514. The van der Waals surface area contributed by atoms with Crippen LogP contribution in [0.5, 0.6) is 0 Å². The van der Waals surface area contributed by atoms with Crippen LogP contribution in [0, 0.1) is 5.92 Å². The van der Waals surface area contributed by atoms with Gasteiger partial charge in [-0.1, -0.05) is 25.6 Å². The van der Waals surface area contributed by atoms with E-state index in [2.05, 4.69) is 45.8 Å². The third-order valence-electron chi connectivity index (χ3n) is 3.64. The summed E-state index contributed by atoms with van der Waals surface area (Å²) < 4.78 is 7.46. The first-order valence-electron chi connectivity index (χ1n) is 8.23. The van der Waals surface area contributed by atoms with Gasteiger partial charge >= 0.3 is 0 Å².